The molecule has 0 unspecified atom stereocenters. The maximum atomic E-state index is 16.2. The van der Waals surface area contributed by atoms with Gasteiger partial charge in [-0.3, -0.25) is 0 Å². The van der Waals surface area contributed by atoms with Gasteiger partial charge in [-0.05, 0) is 35.7 Å². The molecule has 0 radical (unpaired) electrons. The molecule has 0 heterocycles. The third-order valence-corrected chi connectivity index (χ3v) is 9.38. The summed E-state index contributed by atoms with van der Waals surface area (Å²) in [6, 6.07) is 3.78. The molecule has 0 spiro atoms. The molecular weight excluding hydrogens is 841 g/mol. The van der Waals surface area contributed by atoms with Crippen LogP contribution in [0.25, 0.3) is 54.2 Å². The molecule has 8 aromatic carbocycles. The molecular formula is C38H7BF18O2. The number of halogens is 18. The van der Waals surface area contributed by atoms with Crippen LogP contribution >= 0.6 is 0 Å². The normalized spacial score (nSPS) is 11.9. The lowest BCUT2D eigenvalue weighted by molar-refractivity contribution is 0.378. The lowest BCUT2D eigenvalue weighted by Crippen LogP contribution is -2.47. The molecule has 0 saturated carbocycles. The lowest BCUT2D eigenvalue weighted by atomic mass is 9.72. The second-order valence-electron chi connectivity index (χ2n) is 12.5. The Morgan fingerprint density at radius 1 is 0.322 bits per heavy atom. The van der Waals surface area contributed by atoms with Crippen molar-refractivity contribution in [2.45, 2.75) is 0 Å². The first-order valence-electron chi connectivity index (χ1n) is 15.9. The summed E-state index contributed by atoms with van der Waals surface area (Å²) >= 11 is 0. The monoisotopic (exact) mass is 848 g/mol. The summed E-state index contributed by atoms with van der Waals surface area (Å²) in [4.78, 5) is 0. The molecule has 8 rings (SSSR count). The second kappa shape index (κ2) is 13.5. The Balaban J connectivity index is 1.51. The highest BCUT2D eigenvalue weighted by Gasteiger charge is 2.44. The number of fused-ring (bicyclic) bond motifs is 1. The van der Waals surface area contributed by atoms with Gasteiger partial charge in [0.25, 0.3) is 0 Å². The van der Waals surface area contributed by atoms with Crippen LogP contribution in [0.4, 0.5) is 79.0 Å². The van der Waals surface area contributed by atoms with E-state index in [1.807, 2.05) is 0 Å². The quantitative estimate of drug-likeness (QED) is 0.0546. The summed E-state index contributed by atoms with van der Waals surface area (Å²) in [7, 11) is -3.57. The van der Waals surface area contributed by atoms with Gasteiger partial charge < -0.3 is 9.31 Å². The summed E-state index contributed by atoms with van der Waals surface area (Å²) in [5, 5.41) is -8.26. The van der Waals surface area contributed by atoms with Gasteiger partial charge in [0.1, 0.15) is 23.1 Å². The van der Waals surface area contributed by atoms with E-state index in [1.165, 1.54) is 0 Å². The van der Waals surface area contributed by atoms with Gasteiger partial charge in [0, 0.05) is 27.1 Å². The van der Waals surface area contributed by atoms with E-state index >= 15 is 39.5 Å². The van der Waals surface area contributed by atoms with Crippen LogP contribution in [0.1, 0.15) is 0 Å². The van der Waals surface area contributed by atoms with Crippen LogP contribution in [-0.2, 0) is 0 Å². The zero-order valence-corrected chi connectivity index (χ0v) is 27.7. The molecule has 0 aliphatic heterocycles. The molecule has 0 N–H and O–H groups in total. The Kier molecular flexibility index (Phi) is 9.00. The average molecular weight is 848 g/mol. The van der Waals surface area contributed by atoms with Crippen molar-refractivity contribution in [1.29, 1.82) is 0 Å². The molecule has 8 aromatic rings. The van der Waals surface area contributed by atoms with Crippen molar-refractivity contribution in [1.82, 2.24) is 0 Å². The van der Waals surface area contributed by atoms with Gasteiger partial charge in [0.2, 0.25) is 5.82 Å². The van der Waals surface area contributed by atoms with E-state index in [4.69, 9.17) is 9.31 Å². The maximum Gasteiger partial charge on any atom is 0.636 e. The highest BCUT2D eigenvalue weighted by molar-refractivity contribution is 6.65. The first kappa shape index (κ1) is 39.3. The van der Waals surface area contributed by atoms with E-state index in [1.54, 1.807) is 0 Å². The highest BCUT2D eigenvalue weighted by atomic mass is 19.2. The molecule has 0 saturated heterocycles. The van der Waals surface area contributed by atoms with E-state index in [-0.39, 0.29) is 17.5 Å². The second-order valence-corrected chi connectivity index (χ2v) is 12.5. The smallest absolute Gasteiger partial charge is 0.521 e. The Bertz CT molecular complexity index is 3140. The molecule has 300 valence electrons. The topological polar surface area (TPSA) is 18.5 Å². The number of hydrogen-bond acceptors (Lipinski definition) is 2. The first-order valence-corrected chi connectivity index (χ1v) is 15.9. The average Bonchev–Trinajstić information content (AvgIpc) is 3.20. The molecule has 0 aliphatic carbocycles. The molecule has 0 fully saturated rings. The SMILES string of the molecule is Fc1cc2c(OB(Oc3c(F)c(F)c4c(F)c(F)c5c(F)ccc6ccc3c4c65)c3c(F)c(F)c(F)c(F)c3-c3c(F)c(F)c(F)c(F)c3F)ccc(F)c2c(F)c1F. The predicted molar refractivity (Wildman–Crippen MR) is 172 cm³/mol. The van der Waals surface area contributed by atoms with Crippen molar-refractivity contribution in [2.24, 2.45) is 0 Å². The Morgan fingerprint density at radius 2 is 0.814 bits per heavy atom. The van der Waals surface area contributed by atoms with E-state index in [0.717, 1.165) is 18.2 Å². The van der Waals surface area contributed by atoms with E-state index < -0.39 is 178 Å². The summed E-state index contributed by atoms with van der Waals surface area (Å²) < 4.78 is 282. The molecule has 21 heteroatoms. The van der Waals surface area contributed by atoms with E-state index in [9.17, 15) is 39.5 Å². The summed E-state index contributed by atoms with van der Waals surface area (Å²) in [6.07, 6.45) is 0. The van der Waals surface area contributed by atoms with E-state index in [0.29, 0.717) is 12.1 Å². The largest absolute Gasteiger partial charge is 0.636 e. The molecule has 0 bridgehead atoms. The van der Waals surface area contributed by atoms with Crippen LogP contribution in [0, 0.1) is 105 Å². The molecule has 59 heavy (non-hydrogen) atoms. The molecule has 0 aromatic heterocycles. The van der Waals surface area contributed by atoms with Crippen LogP contribution in [-0.4, -0.2) is 7.12 Å². The fourth-order valence-electron chi connectivity index (χ4n) is 6.79. The summed E-state index contributed by atoms with van der Waals surface area (Å²) in [5.74, 6) is -48.7. The highest BCUT2D eigenvalue weighted by Crippen LogP contribution is 2.46. The van der Waals surface area contributed by atoms with Crippen LogP contribution in [0.5, 0.6) is 11.5 Å². The van der Waals surface area contributed by atoms with Crippen LogP contribution in [0.3, 0.4) is 0 Å². The minimum absolute atomic E-state index is 0.0152. The third kappa shape index (κ3) is 5.42. The molecule has 2 nitrogen and oxygen atoms in total. The van der Waals surface area contributed by atoms with E-state index in [2.05, 4.69) is 0 Å². The summed E-state index contributed by atoms with van der Waals surface area (Å²) in [5.41, 5.74) is -7.40. The maximum absolute atomic E-state index is 16.2. The van der Waals surface area contributed by atoms with Crippen LogP contribution in [0.15, 0.2) is 42.5 Å². The first-order chi connectivity index (χ1) is 27.8. The third-order valence-electron chi connectivity index (χ3n) is 9.38. The van der Waals surface area contributed by atoms with Crippen LogP contribution < -0.4 is 14.8 Å². The van der Waals surface area contributed by atoms with Crippen molar-refractivity contribution in [3.63, 3.8) is 0 Å². The number of rotatable bonds is 6. The van der Waals surface area contributed by atoms with Crippen LogP contribution in [0.2, 0.25) is 0 Å². The van der Waals surface area contributed by atoms with Crippen molar-refractivity contribution >= 4 is 55.7 Å². The number of benzene rings is 8. The van der Waals surface area contributed by atoms with Gasteiger partial charge in [-0.2, -0.15) is 4.39 Å². The van der Waals surface area contributed by atoms with Gasteiger partial charge in [-0.1, -0.05) is 12.1 Å². The number of hydrogen-bond donors (Lipinski definition) is 0. The minimum atomic E-state index is -3.57. The standard InChI is InChI=1S/C38H7BF18O2/c40-11-5-6-14(10-7-13(42)23(43)24(44)16(10)11)58-39(22-19(26(46)32(52)35(55)31(22)51)21-28(48)33(53)36(56)34(54)29(21)49)59-38-9-3-1-8-2-4-12(41)18-15(8)17(9)20(27(47)25(18)45)30(50)37(38)57/h1-7H. The Labute approximate surface area is 313 Å². The van der Waals surface area contributed by atoms with Crippen molar-refractivity contribution in [2.75, 3.05) is 0 Å². The molecule has 0 atom stereocenters. The van der Waals surface area contributed by atoms with Gasteiger partial charge in [0.05, 0.1) is 27.2 Å². The van der Waals surface area contributed by atoms with Crippen molar-refractivity contribution in [3.8, 4) is 22.6 Å². The fraction of sp³-hybridized carbons (Fsp3) is 0. The van der Waals surface area contributed by atoms with Gasteiger partial charge in [-0.15, -0.1) is 0 Å². The van der Waals surface area contributed by atoms with Crippen molar-refractivity contribution < 1.29 is 88.3 Å². The zero-order valence-electron chi connectivity index (χ0n) is 27.7. The fourth-order valence-corrected chi connectivity index (χ4v) is 6.79. The van der Waals surface area contributed by atoms with Gasteiger partial charge in [0.15, 0.2) is 87.3 Å². The Morgan fingerprint density at radius 3 is 1.46 bits per heavy atom. The Hall–Kier alpha value is -6.54. The minimum Gasteiger partial charge on any atom is -0.521 e. The van der Waals surface area contributed by atoms with Crippen molar-refractivity contribution in [3.05, 3.63) is 147 Å². The predicted octanol–water partition coefficient (Wildman–Crippen LogP) is 11.8. The lowest BCUT2D eigenvalue weighted by Gasteiger charge is -2.24. The molecule has 0 amide bonds. The van der Waals surface area contributed by atoms with Gasteiger partial charge in [-0.25, -0.2) is 74.6 Å². The molecule has 0 aliphatic rings. The van der Waals surface area contributed by atoms with Gasteiger partial charge >= 0.3 is 7.12 Å². The zero-order chi connectivity index (χ0) is 42.8. The summed E-state index contributed by atoms with van der Waals surface area (Å²) in [6.45, 7) is 0.